The summed E-state index contributed by atoms with van der Waals surface area (Å²) >= 11 is 12.1. The van der Waals surface area contributed by atoms with E-state index in [4.69, 9.17) is 23.2 Å². The molecule has 0 unspecified atom stereocenters. The number of alkyl halides is 2. The predicted octanol–water partition coefficient (Wildman–Crippen LogP) is 4.51. The Hall–Kier alpha value is -2.11. The highest BCUT2D eigenvalue weighted by Crippen LogP contribution is 2.59. The second-order valence-corrected chi connectivity index (χ2v) is 6.94. The molecule has 0 aliphatic heterocycles. The Morgan fingerprint density at radius 1 is 1.13 bits per heavy atom. The molecular formula is C16H12Cl2N2O3. The Morgan fingerprint density at radius 3 is 2.17 bits per heavy atom. The zero-order chi connectivity index (χ0) is 16.6. The number of hydrogen-bond acceptors (Lipinski definition) is 3. The van der Waals surface area contributed by atoms with Crippen molar-refractivity contribution in [2.24, 2.45) is 0 Å². The van der Waals surface area contributed by atoms with E-state index in [2.05, 4.69) is 5.32 Å². The fourth-order valence-electron chi connectivity index (χ4n) is 2.31. The van der Waals surface area contributed by atoms with Crippen LogP contribution in [-0.4, -0.2) is 15.2 Å². The summed E-state index contributed by atoms with van der Waals surface area (Å²) in [6, 6.07) is 12.7. The summed E-state index contributed by atoms with van der Waals surface area (Å²) in [6.45, 7) is 0. The third-order valence-corrected chi connectivity index (χ3v) is 4.57. The van der Waals surface area contributed by atoms with Crippen molar-refractivity contribution in [3.63, 3.8) is 0 Å². The first-order chi connectivity index (χ1) is 10.9. The molecule has 0 saturated heterocycles. The Labute approximate surface area is 142 Å². The highest BCUT2D eigenvalue weighted by atomic mass is 35.5. The maximum absolute atomic E-state index is 12.1. The minimum atomic E-state index is -0.677. The van der Waals surface area contributed by atoms with Crippen LogP contribution in [0.5, 0.6) is 0 Å². The molecule has 2 aromatic rings. The zero-order valence-electron chi connectivity index (χ0n) is 11.8. The van der Waals surface area contributed by atoms with Gasteiger partial charge in [0.2, 0.25) is 0 Å². The fraction of sp³-hybridized carbons (Fsp3) is 0.188. The summed E-state index contributed by atoms with van der Waals surface area (Å²) in [5.74, 6) is -0.201. The molecule has 2 aromatic carbocycles. The van der Waals surface area contributed by atoms with Crippen LogP contribution in [0.1, 0.15) is 28.3 Å². The molecule has 118 valence electrons. The first kappa shape index (κ1) is 15.8. The standard InChI is InChI=1S/C16H12Cl2N2O3/c17-16(18)9-14(16)10-1-5-12(6-2-10)19-15(21)11-3-7-13(8-4-11)20(22)23/h1-8,14H,9H2,(H,19,21)/t14-/m1/s1. The molecule has 0 bridgehead atoms. The number of carbonyl (C=O) groups is 1. The molecular weight excluding hydrogens is 339 g/mol. The SMILES string of the molecule is O=C(Nc1ccc([C@H]2CC2(Cl)Cl)cc1)c1ccc([N+](=O)[O-])cc1. The molecule has 7 heteroatoms. The summed E-state index contributed by atoms with van der Waals surface area (Å²) in [6.07, 6.45) is 0.727. The van der Waals surface area contributed by atoms with Crippen molar-refractivity contribution in [2.75, 3.05) is 5.32 Å². The summed E-state index contributed by atoms with van der Waals surface area (Å²) < 4.78 is -0.677. The van der Waals surface area contributed by atoms with E-state index in [-0.39, 0.29) is 17.5 Å². The van der Waals surface area contributed by atoms with Gasteiger partial charge in [-0.15, -0.1) is 23.2 Å². The lowest BCUT2D eigenvalue weighted by Crippen LogP contribution is -2.11. The van der Waals surface area contributed by atoms with Gasteiger partial charge in [-0.2, -0.15) is 0 Å². The quantitative estimate of drug-likeness (QED) is 0.500. The van der Waals surface area contributed by atoms with Crippen LogP contribution in [0.2, 0.25) is 0 Å². The number of nitrogens with one attached hydrogen (secondary N) is 1. The van der Waals surface area contributed by atoms with Crippen molar-refractivity contribution in [3.05, 3.63) is 69.8 Å². The number of benzene rings is 2. The summed E-state index contributed by atoms with van der Waals surface area (Å²) in [4.78, 5) is 22.2. The maximum Gasteiger partial charge on any atom is 0.269 e. The molecule has 1 N–H and O–H groups in total. The Kier molecular flexibility index (Phi) is 4.00. The first-order valence-corrected chi connectivity index (χ1v) is 7.66. The predicted molar refractivity (Wildman–Crippen MR) is 89.3 cm³/mol. The van der Waals surface area contributed by atoms with Crippen molar-refractivity contribution in [1.29, 1.82) is 0 Å². The van der Waals surface area contributed by atoms with Gasteiger partial charge in [0.15, 0.2) is 0 Å². The number of rotatable bonds is 4. The van der Waals surface area contributed by atoms with E-state index >= 15 is 0 Å². The van der Waals surface area contributed by atoms with Crippen molar-refractivity contribution < 1.29 is 9.72 Å². The summed E-state index contributed by atoms with van der Waals surface area (Å²) in [5, 5.41) is 13.3. The van der Waals surface area contributed by atoms with Crippen molar-refractivity contribution in [2.45, 2.75) is 16.7 Å². The van der Waals surface area contributed by atoms with Crippen molar-refractivity contribution >= 4 is 40.5 Å². The van der Waals surface area contributed by atoms with Crippen LogP contribution in [0.4, 0.5) is 11.4 Å². The monoisotopic (exact) mass is 350 g/mol. The van der Waals surface area contributed by atoms with Crippen molar-refractivity contribution in [1.82, 2.24) is 0 Å². The second kappa shape index (κ2) is 5.83. The van der Waals surface area contributed by atoms with Crippen LogP contribution in [0, 0.1) is 10.1 Å². The van der Waals surface area contributed by atoms with Gasteiger partial charge in [-0.3, -0.25) is 14.9 Å². The zero-order valence-corrected chi connectivity index (χ0v) is 13.3. The molecule has 0 radical (unpaired) electrons. The summed E-state index contributed by atoms with van der Waals surface area (Å²) in [5.41, 5.74) is 1.96. The van der Waals surface area contributed by atoms with E-state index in [0.29, 0.717) is 11.3 Å². The Morgan fingerprint density at radius 2 is 1.70 bits per heavy atom. The van der Waals surface area contributed by atoms with E-state index < -0.39 is 9.26 Å². The third-order valence-electron chi connectivity index (χ3n) is 3.74. The van der Waals surface area contributed by atoms with Crippen LogP contribution < -0.4 is 5.32 Å². The van der Waals surface area contributed by atoms with E-state index in [9.17, 15) is 14.9 Å². The largest absolute Gasteiger partial charge is 0.322 e. The average Bonchev–Trinajstić information content (AvgIpc) is 3.16. The van der Waals surface area contributed by atoms with E-state index in [0.717, 1.165) is 12.0 Å². The topological polar surface area (TPSA) is 72.2 Å². The lowest BCUT2D eigenvalue weighted by atomic mass is 10.1. The van der Waals surface area contributed by atoms with Crippen LogP contribution in [0.25, 0.3) is 0 Å². The van der Waals surface area contributed by atoms with Gasteiger partial charge in [-0.1, -0.05) is 12.1 Å². The molecule has 0 aromatic heterocycles. The van der Waals surface area contributed by atoms with Gasteiger partial charge in [0.05, 0.1) is 4.92 Å². The number of anilines is 1. The molecule has 5 nitrogen and oxygen atoms in total. The number of hydrogen-bond donors (Lipinski definition) is 1. The number of non-ortho nitro benzene ring substituents is 1. The van der Waals surface area contributed by atoms with Gasteiger partial charge in [-0.05, 0) is 36.2 Å². The normalized spacial score (nSPS) is 18.3. The minimum absolute atomic E-state index is 0.0547. The number of halogens is 2. The van der Waals surface area contributed by atoms with Crippen molar-refractivity contribution in [3.8, 4) is 0 Å². The number of nitro benzene ring substituents is 1. The van der Waals surface area contributed by atoms with Gasteiger partial charge >= 0.3 is 0 Å². The molecule has 3 rings (SSSR count). The molecule has 0 spiro atoms. The van der Waals surface area contributed by atoms with Crippen LogP contribution >= 0.6 is 23.2 Å². The molecule has 1 aliphatic rings. The van der Waals surface area contributed by atoms with E-state index in [1.807, 2.05) is 12.1 Å². The van der Waals surface area contributed by atoms with Gasteiger partial charge < -0.3 is 5.32 Å². The van der Waals surface area contributed by atoms with E-state index in [1.54, 1.807) is 12.1 Å². The smallest absolute Gasteiger partial charge is 0.269 e. The average molecular weight is 351 g/mol. The number of nitrogens with zero attached hydrogens (tertiary/aromatic N) is 1. The number of carbonyl (C=O) groups excluding carboxylic acids is 1. The molecule has 1 saturated carbocycles. The minimum Gasteiger partial charge on any atom is -0.322 e. The van der Waals surface area contributed by atoms with Gasteiger partial charge in [0.1, 0.15) is 4.33 Å². The number of nitro groups is 1. The molecule has 0 heterocycles. The highest BCUT2D eigenvalue weighted by molar-refractivity contribution is 6.51. The molecule has 1 fully saturated rings. The van der Waals surface area contributed by atoms with Gasteiger partial charge in [0.25, 0.3) is 11.6 Å². The van der Waals surface area contributed by atoms with Gasteiger partial charge in [-0.25, -0.2) is 0 Å². The summed E-state index contributed by atoms with van der Waals surface area (Å²) in [7, 11) is 0. The molecule has 23 heavy (non-hydrogen) atoms. The number of amides is 1. The highest BCUT2D eigenvalue weighted by Gasteiger charge is 2.52. The Balaban J connectivity index is 1.67. The second-order valence-electron chi connectivity index (χ2n) is 5.40. The first-order valence-electron chi connectivity index (χ1n) is 6.90. The Bertz CT molecular complexity index is 758. The molecule has 1 atom stereocenters. The lowest BCUT2D eigenvalue weighted by molar-refractivity contribution is -0.384. The maximum atomic E-state index is 12.1. The van der Waals surface area contributed by atoms with Crippen LogP contribution in [0.3, 0.4) is 0 Å². The van der Waals surface area contributed by atoms with E-state index in [1.165, 1.54) is 24.3 Å². The van der Waals surface area contributed by atoms with Crippen LogP contribution in [-0.2, 0) is 0 Å². The van der Waals surface area contributed by atoms with Gasteiger partial charge in [0, 0.05) is 29.3 Å². The molecule has 1 amide bonds. The molecule has 1 aliphatic carbocycles. The fourth-order valence-corrected chi connectivity index (χ4v) is 2.87. The third kappa shape index (κ3) is 3.46. The lowest BCUT2D eigenvalue weighted by Gasteiger charge is -2.07. The van der Waals surface area contributed by atoms with Crippen LogP contribution in [0.15, 0.2) is 48.5 Å².